The second kappa shape index (κ2) is 9.38. The molecular weight excluding hydrogens is 426 g/mol. The van der Waals surface area contributed by atoms with E-state index in [4.69, 9.17) is 9.47 Å². The van der Waals surface area contributed by atoms with Gasteiger partial charge >= 0.3 is 0 Å². The SMILES string of the molecule is CCC(CC(C)c1ccc(Cn2cc3c(c2)OCCO3)cc1)c1ccc(S(=O)(=O)O)cc1. The number of rotatable bonds is 8. The minimum Gasteiger partial charge on any atom is -0.485 e. The van der Waals surface area contributed by atoms with Crippen molar-refractivity contribution >= 4 is 10.1 Å². The van der Waals surface area contributed by atoms with Crippen LogP contribution in [0.3, 0.4) is 0 Å². The third kappa shape index (κ3) is 5.16. The van der Waals surface area contributed by atoms with E-state index < -0.39 is 10.1 Å². The molecule has 1 N–H and O–H groups in total. The second-order valence-corrected chi connectivity index (χ2v) is 9.81. The maximum atomic E-state index is 11.3. The summed E-state index contributed by atoms with van der Waals surface area (Å²) in [5.74, 6) is 2.27. The van der Waals surface area contributed by atoms with Crippen LogP contribution in [-0.2, 0) is 16.7 Å². The first kappa shape index (κ1) is 22.4. The summed E-state index contributed by atoms with van der Waals surface area (Å²) in [5, 5.41) is 0. The lowest BCUT2D eigenvalue weighted by molar-refractivity contribution is 0.173. The van der Waals surface area contributed by atoms with Crippen molar-refractivity contribution in [3.63, 3.8) is 0 Å². The van der Waals surface area contributed by atoms with Gasteiger partial charge in [-0.05, 0) is 53.5 Å². The van der Waals surface area contributed by atoms with Gasteiger partial charge in [-0.2, -0.15) is 8.42 Å². The van der Waals surface area contributed by atoms with Crippen LogP contribution in [0.1, 0.15) is 55.2 Å². The van der Waals surface area contributed by atoms with Crippen molar-refractivity contribution in [2.45, 2.75) is 50.0 Å². The van der Waals surface area contributed by atoms with Crippen LogP contribution < -0.4 is 9.47 Å². The molecule has 170 valence electrons. The highest BCUT2D eigenvalue weighted by Gasteiger charge is 2.17. The van der Waals surface area contributed by atoms with E-state index in [2.05, 4.69) is 42.7 Å². The highest BCUT2D eigenvalue weighted by atomic mass is 32.2. The Morgan fingerprint density at radius 2 is 1.50 bits per heavy atom. The van der Waals surface area contributed by atoms with Crippen molar-refractivity contribution in [3.8, 4) is 11.5 Å². The number of aromatic nitrogens is 1. The molecule has 2 aromatic carbocycles. The van der Waals surface area contributed by atoms with Gasteiger partial charge in [-0.25, -0.2) is 0 Å². The molecule has 32 heavy (non-hydrogen) atoms. The lowest BCUT2D eigenvalue weighted by atomic mass is 9.84. The first-order chi connectivity index (χ1) is 15.3. The van der Waals surface area contributed by atoms with Gasteiger partial charge in [0.15, 0.2) is 11.5 Å². The lowest BCUT2D eigenvalue weighted by Crippen LogP contribution is -2.13. The molecule has 3 aromatic rings. The Morgan fingerprint density at radius 3 is 2.03 bits per heavy atom. The van der Waals surface area contributed by atoms with Crippen molar-refractivity contribution in [3.05, 3.63) is 77.6 Å². The van der Waals surface area contributed by atoms with Gasteiger partial charge in [0.25, 0.3) is 10.1 Å². The number of hydrogen-bond donors (Lipinski definition) is 1. The molecule has 0 aliphatic carbocycles. The molecule has 7 heteroatoms. The molecule has 2 atom stereocenters. The number of nitrogens with zero attached hydrogens (tertiary/aromatic N) is 1. The van der Waals surface area contributed by atoms with Gasteiger partial charge < -0.3 is 14.0 Å². The van der Waals surface area contributed by atoms with Crippen LogP contribution >= 0.6 is 0 Å². The minimum absolute atomic E-state index is 0.0681. The summed E-state index contributed by atoms with van der Waals surface area (Å²) in [4.78, 5) is -0.0681. The molecule has 0 amide bonds. The van der Waals surface area contributed by atoms with Crippen LogP contribution in [0, 0.1) is 0 Å². The fourth-order valence-corrected chi connectivity index (χ4v) is 4.73. The maximum absolute atomic E-state index is 11.3. The molecule has 2 unspecified atom stereocenters. The van der Waals surface area contributed by atoms with Crippen LogP contribution in [0.4, 0.5) is 0 Å². The van der Waals surface area contributed by atoms with Crippen LogP contribution in [0.5, 0.6) is 11.5 Å². The Hall–Kier alpha value is -2.77. The van der Waals surface area contributed by atoms with E-state index in [9.17, 15) is 13.0 Å². The Labute approximate surface area is 189 Å². The number of fused-ring (bicyclic) bond motifs is 1. The largest absolute Gasteiger partial charge is 0.485 e. The van der Waals surface area contributed by atoms with Gasteiger partial charge in [-0.1, -0.05) is 50.2 Å². The van der Waals surface area contributed by atoms with Gasteiger partial charge in [-0.3, -0.25) is 4.55 Å². The standard InChI is InChI=1S/C25H29NO5S/c1-3-20(22-8-10-23(11-9-22)32(27,28)29)14-18(2)21-6-4-19(5-7-21)15-26-16-24-25(17-26)31-13-12-30-24/h4-11,16-18,20H,3,12-15H2,1-2H3,(H,27,28,29). The van der Waals surface area contributed by atoms with Crippen molar-refractivity contribution in [2.75, 3.05) is 13.2 Å². The lowest BCUT2D eigenvalue weighted by Gasteiger charge is -2.21. The zero-order chi connectivity index (χ0) is 22.7. The van der Waals surface area contributed by atoms with E-state index in [1.807, 2.05) is 12.4 Å². The smallest absolute Gasteiger partial charge is 0.294 e. The molecule has 2 heterocycles. The first-order valence-electron chi connectivity index (χ1n) is 10.9. The monoisotopic (exact) mass is 455 g/mol. The van der Waals surface area contributed by atoms with Crippen molar-refractivity contribution < 1.29 is 22.4 Å². The highest BCUT2D eigenvalue weighted by Crippen LogP contribution is 2.33. The third-order valence-corrected chi connectivity index (χ3v) is 6.97. The Bertz CT molecular complexity index is 1130. The summed E-state index contributed by atoms with van der Waals surface area (Å²) in [5.41, 5.74) is 3.57. The van der Waals surface area contributed by atoms with Gasteiger partial charge in [0.1, 0.15) is 13.2 Å². The fraction of sp³-hybridized carbons (Fsp3) is 0.360. The molecular formula is C25H29NO5S. The second-order valence-electron chi connectivity index (χ2n) is 8.38. The molecule has 0 fully saturated rings. The van der Waals surface area contributed by atoms with Crippen molar-refractivity contribution in [1.82, 2.24) is 4.57 Å². The van der Waals surface area contributed by atoms with E-state index in [0.29, 0.717) is 25.0 Å². The van der Waals surface area contributed by atoms with Crippen molar-refractivity contribution in [1.29, 1.82) is 0 Å². The zero-order valence-electron chi connectivity index (χ0n) is 18.4. The first-order valence-corrected chi connectivity index (χ1v) is 12.4. The normalized spacial score (nSPS) is 15.3. The molecule has 0 saturated carbocycles. The number of benzene rings is 2. The molecule has 1 aliphatic heterocycles. The summed E-state index contributed by atoms with van der Waals surface area (Å²) >= 11 is 0. The van der Waals surface area contributed by atoms with Crippen LogP contribution in [0.15, 0.2) is 65.8 Å². The predicted molar refractivity (Wildman–Crippen MR) is 123 cm³/mol. The molecule has 1 aromatic heterocycles. The summed E-state index contributed by atoms with van der Waals surface area (Å²) in [7, 11) is -4.16. The Morgan fingerprint density at radius 1 is 0.938 bits per heavy atom. The minimum atomic E-state index is -4.16. The zero-order valence-corrected chi connectivity index (χ0v) is 19.2. The summed E-state index contributed by atoms with van der Waals surface area (Å²) < 4.78 is 45.1. The molecule has 6 nitrogen and oxygen atoms in total. The van der Waals surface area contributed by atoms with E-state index in [1.54, 1.807) is 12.1 Å². The topological polar surface area (TPSA) is 77.8 Å². The van der Waals surface area contributed by atoms with Gasteiger partial charge in [0, 0.05) is 6.54 Å². The van der Waals surface area contributed by atoms with E-state index >= 15 is 0 Å². The number of hydrogen-bond acceptors (Lipinski definition) is 4. The Kier molecular flexibility index (Phi) is 6.58. The van der Waals surface area contributed by atoms with E-state index in [0.717, 1.165) is 36.4 Å². The quantitative estimate of drug-likeness (QED) is 0.470. The molecule has 0 radical (unpaired) electrons. The Balaban J connectivity index is 1.40. The molecule has 0 bridgehead atoms. The van der Waals surface area contributed by atoms with Crippen LogP contribution in [0.25, 0.3) is 0 Å². The summed E-state index contributed by atoms with van der Waals surface area (Å²) in [6.45, 7) is 6.30. The van der Waals surface area contributed by atoms with Crippen LogP contribution in [-0.4, -0.2) is 30.8 Å². The van der Waals surface area contributed by atoms with Crippen LogP contribution in [0.2, 0.25) is 0 Å². The summed E-state index contributed by atoms with van der Waals surface area (Å²) in [6, 6.07) is 15.2. The predicted octanol–water partition coefficient (Wildman–Crippen LogP) is 5.24. The van der Waals surface area contributed by atoms with E-state index in [1.165, 1.54) is 23.3 Å². The average Bonchev–Trinajstić information content (AvgIpc) is 3.19. The fourth-order valence-electron chi connectivity index (χ4n) is 4.25. The maximum Gasteiger partial charge on any atom is 0.294 e. The highest BCUT2D eigenvalue weighted by molar-refractivity contribution is 7.85. The molecule has 0 spiro atoms. The molecule has 0 saturated heterocycles. The van der Waals surface area contributed by atoms with Gasteiger partial charge in [0.05, 0.1) is 17.3 Å². The van der Waals surface area contributed by atoms with Gasteiger partial charge in [0.2, 0.25) is 0 Å². The summed E-state index contributed by atoms with van der Waals surface area (Å²) in [6.07, 6.45) is 5.87. The van der Waals surface area contributed by atoms with E-state index in [-0.39, 0.29) is 4.90 Å². The molecule has 4 rings (SSSR count). The van der Waals surface area contributed by atoms with Crippen molar-refractivity contribution in [2.24, 2.45) is 0 Å². The molecule has 1 aliphatic rings. The number of ether oxygens (including phenoxy) is 2. The third-order valence-electron chi connectivity index (χ3n) is 6.10. The van der Waals surface area contributed by atoms with Gasteiger partial charge in [-0.15, -0.1) is 0 Å². The average molecular weight is 456 g/mol.